The second-order valence-electron chi connectivity index (χ2n) is 19.1. The number of nitrogens with zero attached hydrogens (tertiary/aromatic N) is 8. The molecule has 326 valence electrons. The number of carbonyl (C=O) groups is 3. The Morgan fingerprint density at radius 2 is 1.82 bits per heavy atom. The van der Waals surface area contributed by atoms with Crippen LogP contribution in [0.2, 0.25) is 0 Å². The molecule has 10 rings (SSSR count). The maximum Gasteiger partial charge on any atom is 0.329 e. The highest BCUT2D eigenvalue weighted by Crippen LogP contribution is 2.58. The second-order valence-corrected chi connectivity index (χ2v) is 21.3. The summed E-state index contributed by atoms with van der Waals surface area (Å²) in [7, 11) is -1.03. The lowest BCUT2D eigenvalue weighted by Crippen LogP contribution is -2.56. The van der Waals surface area contributed by atoms with Gasteiger partial charge in [0.2, 0.25) is 23.7 Å². The molecule has 2 aliphatic carbocycles. The van der Waals surface area contributed by atoms with E-state index in [1.54, 1.807) is 16.2 Å². The SMILES string of the molecule is C=C1CCC(n2c(=O)n(C)c3c(CCCC(=O)N4CCC5(CCCN5S(=C)(=O)N5CCC(Nc6ncc7c(n6)N(C6CCCC6C)C(=O)C76CC6)CC5)C4)cccc32)C(=O)N1. The number of imidazole rings is 1. The molecule has 0 bridgehead atoms. The molecule has 5 unspecified atom stereocenters. The molecule has 3 amide bonds. The predicted octanol–water partition coefficient (Wildman–Crippen LogP) is 4.17. The normalized spacial score (nSPS) is 29.0. The minimum Gasteiger partial charge on any atom is -0.351 e. The lowest BCUT2D eigenvalue weighted by Gasteiger charge is -2.43. The highest BCUT2D eigenvalue weighted by atomic mass is 32.2. The Bertz CT molecular complexity index is 2480. The van der Waals surface area contributed by atoms with Crippen molar-refractivity contribution in [3.05, 3.63) is 58.3 Å². The number of hydrogen-bond acceptors (Lipinski definition) is 8. The Morgan fingerprint density at radius 1 is 1.02 bits per heavy atom. The lowest BCUT2D eigenvalue weighted by molar-refractivity contribution is -0.130. The molecular weight excluding hydrogens is 793 g/mol. The molecule has 5 atom stereocenters. The molecule has 2 N–H and O–H groups in total. The molecule has 2 aromatic heterocycles. The first-order valence-electron chi connectivity index (χ1n) is 22.6. The highest BCUT2D eigenvalue weighted by Gasteiger charge is 2.62. The van der Waals surface area contributed by atoms with Crippen LogP contribution in [0.1, 0.15) is 114 Å². The maximum atomic E-state index is 14.8. The van der Waals surface area contributed by atoms with Crippen LogP contribution < -0.4 is 21.2 Å². The van der Waals surface area contributed by atoms with Crippen molar-refractivity contribution in [3.63, 3.8) is 0 Å². The molecule has 7 heterocycles. The highest BCUT2D eigenvalue weighted by molar-refractivity contribution is 7.96. The van der Waals surface area contributed by atoms with E-state index < -0.39 is 21.4 Å². The minimum absolute atomic E-state index is 0.0928. The number of nitrogens with one attached hydrogen (secondary N) is 2. The van der Waals surface area contributed by atoms with Gasteiger partial charge in [0, 0.05) is 75.7 Å². The number of aryl methyl sites for hydroxylation is 2. The lowest BCUT2D eigenvalue weighted by atomic mass is 9.97. The quantitative estimate of drug-likeness (QED) is 0.288. The average molecular weight is 853 g/mol. The second kappa shape index (κ2) is 15.1. The van der Waals surface area contributed by atoms with Crippen LogP contribution in [0.25, 0.3) is 11.0 Å². The standard InChI is InChI=1S/C45H60N10O5S/c1-29-9-5-12-34(29)55-39-33(45(20-21-45)41(55)58)27-46-42(49-39)48-32-17-24-52(25-18-32)61(4,60)53-23-8-19-44(53)22-26-51(28-44)37(56)14-7-11-31-10-6-13-35-38(31)50(3)43(59)54(35)36-16-15-30(2)47-40(36)57/h6,10,13,27,29,32,34,36H,2,4-5,7-9,11-12,14-26,28H2,1,3H3,(H,47,57)(H,46,48,49). The number of carbonyl (C=O) groups excluding carboxylic acids is 3. The fourth-order valence-electron chi connectivity index (χ4n) is 11.9. The fraction of sp³-hybridized carbons (Fsp3) is 0.622. The summed E-state index contributed by atoms with van der Waals surface area (Å²) in [5, 5.41) is 6.38. The molecule has 2 spiro atoms. The zero-order chi connectivity index (χ0) is 42.4. The molecule has 1 aromatic carbocycles. The van der Waals surface area contributed by atoms with Crippen LogP contribution in [0.15, 0.2) is 41.5 Å². The van der Waals surface area contributed by atoms with Gasteiger partial charge in [-0.2, -0.15) is 4.98 Å². The number of allylic oxidation sites excluding steroid dienone is 1. The summed E-state index contributed by atoms with van der Waals surface area (Å²) >= 11 is 0. The molecule has 6 fully saturated rings. The van der Waals surface area contributed by atoms with E-state index in [1.165, 1.54) is 0 Å². The molecule has 5 aliphatic heterocycles. The van der Waals surface area contributed by atoms with Gasteiger partial charge in [-0.3, -0.25) is 28.4 Å². The molecule has 3 aromatic rings. The molecule has 7 aliphatic rings. The van der Waals surface area contributed by atoms with Gasteiger partial charge in [0.15, 0.2) is 0 Å². The number of hydrogen-bond donors (Lipinski definition) is 2. The first kappa shape index (κ1) is 40.5. The number of rotatable bonds is 10. The zero-order valence-electron chi connectivity index (χ0n) is 35.7. The van der Waals surface area contributed by atoms with Crippen LogP contribution in [0.4, 0.5) is 11.8 Å². The van der Waals surface area contributed by atoms with Gasteiger partial charge in [0.1, 0.15) is 11.9 Å². The van der Waals surface area contributed by atoms with Crippen molar-refractivity contribution in [2.45, 2.75) is 132 Å². The summed E-state index contributed by atoms with van der Waals surface area (Å²) in [6, 6.07) is 5.53. The third-order valence-corrected chi connectivity index (χ3v) is 17.9. The van der Waals surface area contributed by atoms with Crippen molar-refractivity contribution in [2.24, 2.45) is 13.0 Å². The van der Waals surface area contributed by atoms with E-state index in [0.717, 1.165) is 92.2 Å². The minimum atomic E-state index is -2.77. The van der Waals surface area contributed by atoms with Crippen LogP contribution in [0.5, 0.6) is 0 Å². The molecule has 2 saturated carbocycles. The molecule has 15 nitrogen and oxygen atoms in total. The van der Waals surface area contributed by atoms with Gasteiger partial charge in [0.05, 0.1) is 31.9 Å². The van der Waals surface area contributed by atoms with Crippen LogP contribution in [-0.4, -0.2) is 111 Å². The van der Waals surface area contributed by atoms with Crippen molar-refractivity contribution in [1.82, 2.24) is 37.9 Å². The van der Waals surface area contributed by atoms with Crippen LogP contribution in [0.3, 0.4) is 0 Å². The molecule has 0 radical (unpaired) electrons. The summed E-state index contributed by atoms with van der Waals surface area (Å²) in [5.41, 5.74) is 3.17. The molecular formula is C45H60N10O5S. The number of likely N-dealkylation sites (tertiary alicyclic amines) is 1. The van der Waals surface area contributed by atoms with Gasteiger partial charge in [-0.05, 0) is 107 Å². The van der Waals surface area contributed by atoms with Crippen molar-refractivity contribution in [2.75, 3.05) is 42.9 Å². The Kier molecular flexibility index (Phi) is 10.0. The number of piperidine rings is 2. The van der Waals surface area contributed by atoms with E-state index in [-0.39, 0.29) is 41.0 Å². The first-order chi connectivity index (χ1) is 29.3. The van der Waals surface area contributed by atoms with Crippen molar-refractivity contribution in [3.8, 4) is 0 Å². The van der Waals surface area contributed by atoms with E-state index in [0.29, 0.717) is 82.4 Å². The maximum absolute atomic E-state index is 14.8. The number of benzene rings is 1. The molecule has 4 saturated heterocycles. The van der Waals surface area contributed by atoms with Crippen LogP contribution >= 0.6 is 0 Å². The first-order valence-corrected chi connectivity index (χ1v) is 24.3. The number of amides is 3. The van der Waals surface area contributed by atoms with Crippen LogP contribution in [-0.2, 0) is 43.2 Å². The van der Waals surface area contributed by atoms with Gasteiger partial charge >= 0.3 is 5.69 Å². The zero-order valence-corrected chi connectivity index (χ0v) is 36.5. The third kappa shape index (κ3) is 6.64. The van der Waals surface area contributed by atoms with Crippen molar-refractivity contribution < 1.29 is 18.6 Å². The van der Waals surface area contributed by atoms with Gasteiger partial charge in [-0.1, -0.05) is 32.1 Å². The van der Waals surface area contributed by atoms with Gasteiger partial charge < -0.3 is 15.5 Å². The van der Waals surface area contributed by atoms with Gasteiger partial charge in [0.25, 0.3) is 0 Å². The molecule has 61 heavy (non-hydrogen) atoms. The largest absolute Gasteiger partial charge is 0.351 e. The van der Waals surface area contributed by atoms with E-state index in [2.05, 4.69) is 38.6 Å². The number of para-hydroxylation sites is 1. The monoisotopic (exact) mass is 852 g/mol. The van der Waals surface area contributed by atoms with Gasteiger partial charge in [-0.25, -0.2) is 22.6 Å². The Morgan fingerprint density at radius 3 is 2.56 bits per heavy atom. The molecule has 16 heteroatoms. The van der Waals surface area contributed by atoms with E-state index in [4.69, 9.17) is 9.97 Å². The topological polar surface area (TPSA) is 158 Å². The number of aromatic nitrogens is 4. The predicted molar refractivity (Wildman–Crippen MR) is 236 cm³/mol. The Hall–Kier alpha value is -4.54. The van der Waals surface area contributed by atoms with E-state index in [1.807, 2.05) is 34.2 Å². The summed E-state index contributed by atoms with van der Waals surface area (Å²) in [4.78, 5) is 67.5. The third-order valence-electron chi connectivity index (χ3n) is 15.4. The fourth-order valence-corrected chi connectivity index (χ4v) is 14.2. The smallest absolute Gasteiger partial charge is 0.329 e. The van der Waals surface area contributed by atoms with Crippen LogP contribution in [0, 0.1) is 5.92 Å². The van der Waals surface area contributed by atoms with Crippen molar-refractivity contribution >= 4 is 56.3 Å². The summed E-state index contributed by atoms with van der Waals surface area (Å²) in [6.45, 7) is 9.25. The summed E-state index contributed by atoms with van der Waals surface area (Å²) < 4.78 is 22.2. The summed E-state index contributed by atoms with van der Waals surface area (Å²) in [5.74, 6) is 6.30. The summed E-state index contributed by atoms with van der Waals surface area (Å²) in [6.07, 6.45) is 13.8. The van der Waals surface area contributed by atoms with E-state index in [9.17, 15) is 23.4 Å². The Labute approximate surface area is 358 Å². The van der Waals surface area contributed by atoms with Gasteiger partial charge in [-0.15, -0.1) is 0 Å². The Balaban J connectivity index is 0.751. The number of fused-ring (bicyclic) bond motifs is 3. The van der Waals surface area contributed by atoms with Crippen molar-refractivity contribution in [1.29, 1.82) is 0 Å². The average Bonchev–Trinajstić information content (AvgIpc) is 3.52. The van der Waals surface area contributed by atoms with E-state index >= 15 is 0 Å². The number of anilines is 2.